The van der Waals surface area contributed by atoms with E-state index in [1.807, 2.05) is 66.4 Å². The van der Waals surface area contributed by atoms with Gasteiger partial charge in [0, 0.05) is 11.6 Å². The minimum Gasteiger partial charge on any atom is -0.344 e. The Bertz CT molecular complexity index is 782. The van der Waals surface area contributed by atoms with E-state index in [9.17, 15) is 9.59 Å². The van der Waals surface area contributed by atoms with Crippen LogP contribution in [0.15, 0.2) is 54.6 Å². The van der Waals surface area contributed by atoms with Crippen LogP contribution in [0.3, 0.4) is 0 Å². The van der Waals surface area contributed by atoms with Crippen LogP contribution in [0.25, 0.3) is 0 Å². The van der Waals surface area contributed by atoms with Crippen molar-refractivity contribution < 1.29 is 9.59 Å². The molecule has 0 aromatic heterocycles. The van der Waals surface area contributed by atoms with Gasteiger partial charge in [0.25, 0.3) is 0 Å². The maximum Gasteiger partial charge on any atom is 0.237 e. The van der Waals surface area contributed by atoms with Crippen LogP contribution in [0, 0.1) is 0 Å². The first-order valence-corrected chi connectivity index (χ1v) is 9.04. The number of rotatable bonds is 6. The predicted octanol–water partition coefficient (Wildman–Crippen LogP) is 2.67. The third-order valence-electron chi connectivity index (χ3n) is 4.45. The molecule has 5 nitrogen and oxygen atoms in total. The zero-order valence-corrected chi connectivity index (χ0v) is 15.4. The molecule has 1 fully saturated rings. The van der Waals surface area contributed by atoms with Gasteiger partial charge in [0.1, 0.15) is 0 Å². The predicted molar refractivity (Wildman–Crippen MR) is 102 cm³/mol. The van der Waals surface area contributed by atoms with Crippen LogP contribution in [0.5, 0.6) is 0 Å². The molecule has 2 aromatic carbocycles. The topological polar surface area (TPSA) is 52.6 Å². The van der Waals surface area contributed by atoms with E-state index in [4.69, 9.17) is 11.6 Å². The van der Waals surface area contributed by atoms with Gasteiger partial charge in [-0.2, -0.15) is 0 Å². The summed E-state index contributed by atoms with van der Waals surface area (Å²) in [4.78, 5) is 28.0. The molecule has 0 spiro atoms. The molecule has 1 heterocycles. The van der Waals surface area contributed by atoms with Crippen LogP contribution in [0.2, 0.25) is 5.02 Å². The van der Waals surface area contributed by atoms with Crippen molar-refractivity contribution in [2.75, 3.05) is 26.3 Å². The molecule has 0 radical (unpaired) electrons. The summed E-state index contributed by atoms with van der Waals surface area (Å²) in [5, 5.41) is 3.71. The Morgan fingerprint density at radius 3 is 2.54 bits per heavy atom. The van der Waals surface area contributed by atoms with E-state index in [1.54, 1.807) is 4.90 Å². The monoisotopic (exact) mass is 371 g/mol. The van der Waals surface area contributed by atoms with Crippen molar-refractivity contribution in [3.63, 3.8) is 0 Å². The molecule has 6 heteroatoms. The Hall–Kier alpha value is -2.37. The number of nitrogens with one attached hydrogen (secondary N) is 1. The molecular weight excluding hydrogens is 350 g/mol. The number of amides is 2. The van der Waals surface area contributed by atoms with Gasteiger partial charge in [-0.15, -0.1) is 0 Å². The zero-order chi connectivity index (χ0) is 18.5. The highest BCUT2D eigenvalue weighted by atomic mass is 35.5. The number of carbonyl (C=O) groups excluding carboxylic acids is 2. The normalized spacial score (nSPS) is 15.9. The molecule has 1 N–H and O–H groups in total. The number of carbonyl (C=O) groups is 2. The smallest absolute Gasteiger partial charge is 0.237 e. The summed E-state index contributed by atoms with van der Waals surface area (Å²) >= 11 is 6.13. The summed E-state index contributed by atoms with van der Waals surface area (Å²) in [5.41, 5.74) is 1.90. The highest BCUT2D eigenvalue weighted by molar-refractivity contribution is 6.30. The maximum absolute atomic E-state index is 12.6. The summed E-state index contributed by atoms with van der Waals surface area (Å²) in [6.45, 7) is 3.56. The minimum atomic E-state index is -0.289. The van der Waals surface area contributed by atoms with E-state index in [0.29, 0.717) is 18.2 Å². The standard InChI is InChI=1S/C20H22ClN3O2/c1-2-24-14-23(13-19(24)26)12-18(25)22-20(15-7-4-3-5-8-15)16-9-6-10-17(21)11-16/h3-11,20H,2,12-14H2,1H3,(H,22,25)/t20-/m1/s1. The SMILES string of the molecule is CCN1CN(CC(=O)N[C@H](c2ccccc2)c2cccc(Cl)c2)CC1=O. The minimum absolute atomic E-state index is 0.0646. The lowest BCUT2D eigenvalue weighted by atomic mass is 9.98. The van der Waals surface area contributed by atoms with Crippen molar-refractivity contribution in [1.29, 1.82) is 0 Å². The number of hydrogen-bond donors (Lipinski definition) is 1. The summed E-state index contributed by atoms with van der Waals surface area (Å²) in [6.07, 6.45) is 0. The second kappa shape index (κ2) is 8.34. The Kier molecular flexibility index (Phi) is 5.91. The molecule has 2 amide bonds. The van der Waals surface area contributed by atoms with Gasteiger partial charge in [-0.3, -0.25) is 14.5 Å². The molecule has 3 rings (SSSR count). The fraction of sp³-hybridized carbons (Fsp3) is 0.300. The quantitative estimate of drug-likeness (QED) is 0.849. The van der Waals surface area contributed by atoms with Gasteiger partial charge < -0.3 is 10.2 Å². The van der Waals surface area contributed by atoms with Crippen LogP contribution < -0.4 is 5.32 Å². The summed E-state index contributed by atoms with van der Waals surface area (Å²) in [7, 11) is 0. The number of nitrogens with zero attached hydrogens (tertiary/aromatic N) is 2. The van der Waals surface area contributed by atoms with Crippen LogP contribution in [-0.2, 0) is 9.59 Å². The van der Waals surface area contributed by atoms with Crippen molar-refractivity contribution in [3.05, 3.63) is 70.7 Å². The molecular formula is C20H22ClN3O2. The summed E-state index contributed by atoms with van der Waals surface area (Å²) in [6, 6.07) is 17.0. The lowest BCUT2D eigenvalue weighted by Gasteiger charge is -2.22. The van der Waals surface area contributed by atoms with E-state index < -0.39 is 0 Å². The van der Waals surface area contributed by atoms with Gasteiger partial charge in [-0.05, 0) is 30.2 Å². The van der Waals surface area contributed by atoms with Crippen molar-refractivity contribution in [2.45, 2.75) is 13.0 Å². The Labute approximate surface area is 158 Å². The molecule has 26 heavy (non-hydrogen) atoms. The fourth-order valence-corrected chi connectivity index (χ4v) is 3.34. The lowest BCUT2D eigenvalue weighted by Crippen LogP contribution is -2.39. The highest BCUT2D eigenvalue weighted by Crippen LogP contribution is 2.24. The average molecular weight is 372 g/mol. The highest BCUT2D eigenvalue weighted by Gasteiger charge is 2.28. The van der Waals surface area contributed by atoms with Crippen LogP contribution in [0.1, 0.15) is 24.1 Å². The van der Waals surface area contributed by atoms with E-state index in [-0.39, 0.29) is 30.9 Å². The Morgan fingerprint density at radius 1 is 1.15 bits per heavy atom. The van der Waals surface area contributed by atoms with E-state index in [2.05, 4.69) is 5.32 Å². The van der Waals surface area contributed by atoms with Gasteiger partial charge in [-0.1, -0.05) is 54.1 Å². The van der Waals surface area contributed by atoms with Gasteiger partial charge in [-0.25, -0.2) is 0 Å². The number of halogens is 1. The van der Waals surface area contributed by atoms with Crippen molar-refractivity contribution in [2.24, 2.45) is 0 Å². The summed E-state index contributed by atoms with van der Waals surface area (Å²) < 4.78 is 0. The third kappa shape index (κ3) is 4.42. The summed E-state index contributed by atoms with van der Waals surface area (Å²) in [5.74, 6) is -0.0562. The van der Waals surface area contributed by atoms with Crippen molar-refractivity contribution in [1.82, 2.24) is 15.1 Å². The molecule has 0 aliphatic carbocycles. The Morgan fingerprint density at radius 2 is 1.88 bits per heavy atom. The molecule has 0 saturated carbocycles. The first kappa shape index (κ1) is 18.4. The van der Waals surface area contributed by atoms with E-state index in [1.165, 1.54) is 0 Å². The second-order valence-corrected chi connectivity index (χ2v) is 6.78. The number of likely N-dealkylation sites (N-methyl/N-ethyl adjacent to an activating group) is 1. The molecule has 1 aliphatic heterocycles. The van der Waals surface area contributed by atoms with Crippen molar-refractivity contribution >= 4 is 23.4 Å². The maximum atomic E-state index is 12.6. The first-order valence-electron chi connectivity index (χ1n) is 8.66. The van der Waals surface area contributed by atoms with Gasteiger partial charge in [0.2, 0.25) is 11.8 Å². The van der Waals surface area contributed by atoms with Crippen LogP contribution in [0.4, 0.5) is 0 Å². The molecule has 2 aromatic rings. The number of benzene rings is 2. The van der Waals surface area contributed by atoms with Gasteiger partial charge in [0.05, 0.1) is 25.8 Å². The van der Waals surface area contributed by atoms with E-state index >= 15 is 0 Å². The Balaban J connectivity index is 1.74. The molecule has 1 aliphatic rings. The molecule has 136 valence electrons. The molecule has 0 bridgehead atoms. The molecule has 0 unspecified atom stereocenters. The van der Waals surface area contributed by atoms with E-state index in [0.717, 1.165) is 11.1 Å². The first-order chi connectivity index (χ1) is 12.6. The molecule has 1 atom stereocenters. The largest absolute Gasteiger partial charge is 0.344 e. The van der Waals surface area contributed by atoms with Gasteiger partial charge >= 0.3 is 0 Å². The van der Waals surface area contributed by atoms with Crippen LogP contribution in [-0.4, -0.2) is 47.9 Å². The zero-order valence-electron chi connectivity index (χ0n) is 14.7. The number of hydrogen-bond acceptors (Lipinski definition) is 3. The van der Waals surface area contributed by atoms with Gasteiger partial charge in [0.15, 0.2) is 0 Å². The van der Waals surface area contributed by atoms with Crippen LogP contribution >= 0.6 is 11.6 Å². The molecule has 1 saturated heterocycles. The second-order valence-electron chi connectivity index (χ2n) is 6.34. The average Bonchev–Trinajstić information content (AvgIpc) is 2.99. The lowest BCUT2D eigenvalue weighted by molar-refractivity contribution is -0.126. The fourth-order valence-electron chi connectivity index (χ4n) is 3.14. The van der Waals surface area contributed by atoms with Crippen molar-refractivity contribution in [3.8, 4) is 0 Å². The third-order valence-corrected chi connectivity index (χ3v) is 4.69.